The van der Waals surface area contributed by atoms with Crippen LogP contribution < -0.4 is 9.47 Å². The van der Waals surface area contributed by atoms with Crippen LogP contribution in [0.5, 0.6) is 11.5 Å². The third-order valence-corrected chi connectivity index (χ3v) is 4.49. The summed E-state index contributed by atoms with van der Waals surface area (Å²) in [5.74, 6) is 1.30. The Bertz CT molecular complexity index is 580. The largest absolute Gasteiger partial charge is 0.496 e. The minimum atomic E-state index is -0.719. The number of ether oxygens (including phenoxy) is 2. The maximum absolute atomic E-state index is 10.5. The van der Waals surface area contributed by atoms with Crippen molar-refractivity contribution in [2.45, 2.75) is 13.0 Å². The average molecular weight is 343 g/mol. The number of aryl methyl sites for hydroxylation is 1. The summed E-state index contributed by atoms with van der Waals surface area (Å²) in [5.41, 5.74) is 2.66. The van der Waals surface area contributed by atoms with Crippen LogP contribution in [0.3, 0.4) is 0 Å². The first kappa shape index (κ1) is 14.4. The van der Waals surface area contributed by atoms with Gasteiger partial charge in [0.05, 0.1) is 18.7 Å². The van der Waals surface area contributed by atoms with E-state index in [9.17, 15) is 5.11 Å². The molecule has 1 aromatic heterocycles. The molecule has 0 bridgehead atoms. The SMILES string of the molecule is COc1cc(C(O)c2cscc2C)c(OC)cc1Br. The average Bonchev–Trinajstić information content (AvgIpc) is 2.83. The molecule has 0 fully saturated rings. The van der Waals surface area contributed by atoms with Gasteiger partial charge in [0.15, 0.2) is 0 Å². The number of thiophene rings is 1. The Morgan fingerprint density at radius 3 is 2.32 bits per heavy atom. The minimum Gasteiger partial charge on any atom is -0.496 e. The predicted molar refractivity (Wildman–Crippen MR) is 80.4 cm³/mol. The second-order valence-corrected chi connectivity index (χ2v) is 5.74. The maximum Gasteiger partial charge on any atom is 0.133 e. The van der Waals surface area contributed by atoms with Gasteiger partial charge in [0.2, 0.25) is 0 Å². The van der Waals surface area contributed by atoms with Crippen LogP contribution in [0.4, 0.5) is 0 Å². The lowest BCUT2D eigenvalue weighted by Crippen LogP contribution is -2.03. The Morgan fingerprint density at radius 1 is 1.11 bits per heavy atom. The summed E-state index contributed by atoms with van der Waals surface area (Å²) in [6.45, 7) is 1.98. The van der Waals surface area contributed by atoms with Gasteiger partial charge in [0.25, 0.3) is 0 Å². The fourth-order valence-electron chi connectivity index (χ4n) is 1.92. The van der Waals surface area contributed by atoms with E-state index in [0.717, 1.165) is 15.6 Å². The summed E-state index contributed by atoms with van der Waals surface area (Å²) < 4.78 is 11.4. The highest BCUT2D eigenvalue weighted by Crippen LogP contribution is 2.39. The molecule has 2 rings (SSSR count). The molecule has 0 spiro atoms. The van der Waals surface area contributed by atoms with Crippen molar-refractivity contribution in [3.05, 3.63) is 44.1 Å². The van der Waals surface area contributed by atoms with Crippen molar-refractivity contribution in [2.24, 2.45) is 0 Å². The monoisotopic (exact) mass is 342 g/mol. The highest BCUT2D eigenvalue weighted by atomic mass is 79.9. The van der Waals surface area contributed by atoms with Gasteiger partial charge >= 0.3 is 0 Å². The Balaban J connectivity index is 2.51. The van der Waals surface area contributed by atoms with Crippen LogP contribution in [0.15, 0.2) is 27.4 Å². The van der Waals surface area contributed by atoms with E-state index in [0.29, 0.717) is 17.1 Å². The van der Waals surface area contributed by atoms with E-state index < -0.39 is 6.10 Å². The fourth-order valence-corrected chi connectivity index (χ4v) is 3.27. The summed E-state index contributed by atoms with van der Waals surface area (Å²) in [7, 11) is 3.18. The highest BCUT2D eigenvalue weighted by molar-refractivity contribution is 9.10. The molecule has 2 aromatic rings. The zero-order chi connectivity index (χ0) is 14.0. The van der Waals surface area contributed by atoms with Crippen molar-refractivity contribution in [2.75, 3.05) is 14.2 Å². The topological polar surface area (TPSA) is 38.7 Å². The molecule has 1 aromatic carbocycles. The van der Waals surface area contributed by atoms with E-state index in [1.54, 1.807) is 37.7 Å². The Labute approximate surface area is 124 Å². The second kappa shape index (κ2) is 5.94. The molecule has 3 nitrogen and oxygen atoms in total. The van der Waals surface area contributed by atoms with Crippen molar-refractivity contribution < 1.29 is 14.6 Å². The number of aliphatic hydroxyl groups is 1. The molecule has 1 unspecified atom stereocenters. The third kappa shape index (κ3) is 2.78. The Hall–Kier alpha value is -1.04. The zero-order valence-electron chi connectivity index (χ0n) is 10.9. The number of hydrogen-bond donors (Lipinski definition) is 1. The smallest absolute Gasteiger partial charge is 0.133 e. The van der Waals surface area contributed by atoms with Gasteiger partial charge in [-0.1, -0.05) is 0 Å². The summed E-state index contributed by atoms with van der Waals surface area (Å²) in [6, 6.07) is 3.60. The first-order valence-electron chi connectivity index (χ1n) is 5.70. The van der Waals surface area contributed by atoms with Crippen LogP contribution >= 0.6 is 27.3 Å². The van der Waals surface area contributed by atoms with E-state index in [-0.39, 0.29) is 0 Å². The normalized spacial score (nSPS) is 12.3. The molecule has 0 aliphatic carbocycles. The molecule has 0 saturated carbocycles. The van der Waals surface area contributed by atoms with E-state index >= 15 is 0 Å². The van der Waals surface area contributed by atoms with Crippen molar-refractivity contribution >= 4 is 27.3 Å². The van der Waals surface area contributed by atoms with E-state index in [1.165, 1.54) is 0 Å². The van der Waals surface area contributed by atoms with Gasteiger partial charge in [-0.2, -0.15) is 11.3 Å². The van der Waals surface area contributed by atoms with Gasteiger partial charge in [-0.05, 0) is 56.9 Å². The van der Waals surface area contributed by atoms with Gasteiger partial charge in [-0.15, -0.1) is 0 Å². The van der Waals surface area contributed by atoms with Gasteiger partial charge in [0.1, 0.15) is 17.6 Å². The van der Waals surface area contributed by atoms with Crippen molar-refractivity contribution in [3.63, 3.8) is 0 Å². The molecule has 1 heterocycles. The molecule has 19 heavy (non-hydrogen) atoms. The zero-order valence-corrected chi connectivity index (χ0v) is 13.3. The van der Waals surface area contributed by atoms with Gasteiger partial charge < -0.3 is 14.6 Å². The van der Waals surface area contributed by atoms with Crippen LogP contribution in [0.25, 0.3) is 0 Å². The van der Waals surface area contributed by atoms with E-state index in [4.69, 9.17) is 9.47 Å². The van der Waals surface area contributed by atoms with Crippen LogP contribution in [0.1, 0.15) is 22.8 Å². The lowest BCUT2D eigenvalue weighted by atomic mass is 10.00. The number of aliphatic hydroxyl groups excluding tert-OH is 1. The van der Waals surface area contributed by atoms with E-state index in [2.05, 4.69) is 15.9 Å². The predicted octanol–water partition coefficient (Wildman–Crippen LogP) is 3.92. The Kier molecular flexibility index (Phi) is 4.50. The fraction of sp³-hybridized carbons (Fsp3) is 0.286. The standard InChI is InChI=1S/C14H15BrO3S/c1-8-6-19-7-10(8)14(16)9-4-13(18-3)11(15)5-12(9)17-2/h4-7,14,16H,1-3H3. The van der Waals surface area contributed by atoms with Crippen LogP contribution in [0, 0.1) is 6.92 Å². The number of benzene rings is 1. The van der Waals surface area contributed by atoms with Crippen LogP contribution in [-0.2, 0) is 0 Å². The number of halogens is 1. The quantitative estimate of drug-likeness (QED) is 0.915. The highest BCUT2D eigenvalue weighted by Gasteiger charge is 2.20. The molecule has 102 valence electrons. The summed E-state index contributed by atoms with van der Waals surface area (Å²) in [5, 5.41) is 14.5. The second-order valence-electron chi connectivity index (χ2n) is 4.14. The summed E-state index contributed by atoms with van der Waals surface area (Å²) >= 11 is 4.98. The van der Waals surface area contributed by atoms with Gasteiger partial charge in [-0.25, -0.2) is 0 Å². The minimum absolute atomic E-state index is 0.630. The molecule has 0 aliphatic heterocycles. The summed E-state index contributed by atoms with van der Waals surface area (Å²) in [6.07, 6.45) is -0.719. The first-order valence-corrected chi connectivity index (χ1v) is 7.44. The molecule has 0 saturated heterocycles. The molecule has 1 N–H and O–H groups in total. The molecule has 0 amide bonds. The van der Waals surface area contributed by atoms with E-state index in [1.807, 2.05) is 17.7 Å². The van der Waals surface area contributed by atoms with Crippen molar-refractivity contribution in [1.29, 1.82) is 0 Å². The molecule has 1 atom stereocenters. The molecule has 0 aliphatic rings. The van der Waals surface area contributed by atoms with Crippen LogP contribution in [0.2, 0.25) is 0 Å². The lowest BCUT2D eigenvalue weighted by Gasteiger charge is -2.17. The number of rotatable bonds is 4. The van der Waals surface area contributed by atoms with Gasteiger partial charge in [0, 0.05) is 5.56 Å². The van der Waals surface area contributed by atoms with Crippen LogP contribution in [-0.4, -0.2) is 19.3 Å². The molecule has 5 heteroatoms. The van der Waals surface area contributed by atoms with Gasteiger partial charge in [-0.3, -0.25) is 0 Å². The lowest BCUT2D eigenvalue weighted by molar-refractivity contribution is 0.214. The number of hydrogen-bond acceptors (Lipinski definition) is 4. The maximum atomic E-state index is 10.5. The van der Waals surface area contributed by atoms with Crippen molar-refractivity contribution in [1.82, 2.24) is 0 Å². The first-order chi connectivity index (χ1) is 9.08. The molecular weight excluding hydrogens is 328 g/mol. The third-order valence-electron chi connectivity index (χ3n) is 2.99. The van der Waals surface area contributed by atoms with Crippen molar-refractivity contribution in [3.8, 4) is 11.5 Å². The molecule has 0 radical (unpaired) electrons. The Morgan fingerprint density at radius 2 is 1.79 bits per heavy atom. The molecular formula is C14H15BrO3S. The summed E-state index contributed by atoms with van der Waals surface area (Å²) in [4.78, 5) is 0. The number of methoxy groups -OCH3 is 2.